The first kappa shape index (κ1) is 18.0. The van der Waals surface area contributed by atoms with Crippen LogP contribution >= 0.6 is 11.6 Å². The summed E-state index contributed by atoms with van der Waals surface area (Å²) < 4.78 is 28.4. The van der Waals surface area contributed by atoms with Crippen LogP contribution in [0.3, 0.4) is 0 Å². The molecule has 0 bridgehead atoms. The Morgan fingerprint density at radius 2 is 1.62 bits per heavy atom. The molecular formula is C23H25ClF2. The lowest BCUT2D eigenvalue weighted by atomic mass is 9.64. The van der Waals surface area contributed by atoms with Gasteiger partial charge in [0, 0.05) is 5.56 Å². The summed E-state index contributed by atoms with van der Waals surface area (Å²) in [5, 5.41) is 0.0596. The highest BCUT2D eigenvalue weighted by Gasteiger charge is 2.34. The average molecular weight is 375 g/mol. The van der Waals surface area contributed by atoms with Crippen molar-refractivity contribution in [2.24, 2.45) is 17.8 Å². The number of rotatable bonds is 2. The molecule has 2 fully saturated rings. The molecule has 0 heterocycles. The molecule has 138 valence electrons. The van der Waals surface area contributed by atoms with E-state index < -0.39 is 5.82 Å². The first-order valence-corrected chi connectivity index (χ1v) is 10.1. The Morgan fingerprint density at radius 3 is 2.38 bits per heavy atom. The van der Waals surface area contributed by atoms with E-state index in [9.17, 15) is 8.78 Å². The monoisotopic (exact) mass is 374 g/mol. The van der Waals surface area contributed by atoms with E-state index in [-0.39, 0.29) is 10.8 Å². The molecule has 2 aliphatic rings. The second-order valence-corrected chi connectivity index (χ2v) is 8.72. The third kappa shape index (κ3) is 3.53. The summed E-state index contributed by atoms with van der Waals surface area (Å²) in [5.74, 6) is 2.20. The fourth-order valence-corrected chi connectivity index (χ4v) is 5.23. The fraction of sp³-hybridized carbons (Fsp3) is 0.478. The molecule has 1 unspecified atom stereocenters. The van der Waals surface area contributed by atoms with E-state index >= 15 is 0 Å². The van der Waals surface area contributed by atoms with Gasteiger partial charge in [-0.05, 0) is 85.1 Å². The van der Waals surface area contributed by atoms with Crippen LogP contribution in [0.1, 0.15) is 56.9 Å². The van der Waals surface area contributed by atoms with Gasteiger partial charge >= 0.3 is 0 Å². The zero-order valence-corrected chi connectivity index (χ0v) is 15.9. The molecule has 2 aromatic rings. The molecule has 0 saturated heterocycles. The van der Waals surface area contributed by atoms with Gasteiger partial charge in [0.25, 0.3) is 0 Å². The van der Waals surface area contributed by atoms with Crippen LogP contribution in [0.2, 0.25) is 5.02 Å². The molecule has 4 atom stereocenters. The van der Waals surface area contributed by atoms with Crippen LogP contribution in [0.25, 0.3) is 11.1 Å². The summed E-state index contributed by atoms with van der Waals surface area (Å²) in [6.45, 7) is 2.37. The molecule has 0 nitrogen and oxygen atoms in total. The summed E-state index contributed by atoms with van der Waals surface area (Å²) in [4.78, 5) is 0. The number of benzene rings is 2. The Morgan fingerprint density at radius 1 is 0.846 bits per heavy atom. The van der Waals surface area contributed by atoms with Crippen LogP contribution in [0.15, 0.2) is 36.4 Å². The first-order chi connectivity index (χ1) is 12.5. The molecule has 0 N–H and O–H groups in total. The molecule has 0 radical (unpaired) electrons. The van der Waals surface area contributed by atoms with Crippen molar-refractivity contribution < 1.29 is 8.78 Å². The summed E-state index contributed by atoms with van der Waals surface area (Å²) >= 11 is 5.73. The van der Waals surface area contributed by atoms with Gasteiger partial charge in [0.15, 0.2) is 0 Å². The molecule has 0 amide bonds. The predicted octanol–water partition coefficient (Wildman–Crippen LogP) is 7.61. The normalized spacial score (nSPS) is 28.6. The summed E-state index contributed by atoms with van der Waals surface area (Å²) in [6.07, 6.45) is 7.64. The number of fused-ring (bicyclic) bond motifs is 1. The van der Waals surface area contributed by atoms with Gasteiger partial charge in [0.05, 0.1) is 5.02 Å². The van der Waals surface area contributed by atoms with E-state index in [2.05, 4.69) is 6.92 Å². The molecule has 3 heteroatoms. The van der Waals surface area contributed by atoms with E-state index in [0.717, 1.165) is 29.7 Å². The maximum absolute atomic E-state index is 14.8. The van der Waals surface area contributed by atoms with Crippen LogP contribution < -0.4 is 0 Å². The van der Waals surface area contributed by atoms with Gasteiger partial charge in [-0.2, -0.15) is 0 Å². The van der Waals surface area contributed by atoms with Gasteiger partial charge in [-0.25, -0.2) is 8.78 Å². The van der Waals surface area contributed by atoms with E-state index in [4.69, 9.17) is 11.6 Å². The van der Waals surface area contributed by atoms with Crippen LogP contribution in [-0.2, 0) is 0 Å². The Labute approximate surface area is 159 Å². The fourth-order valence-electron chi connectivity index (χ4n) is 5.11. The minimum Gasteiger partial charge on any atom is -0.206 e. The highest BCUT2D eigenvalue weighted by molar-refractivity contribution is 6.30. The van der Waals surface area contributed by atoms with Gasteiger partial charge in [-0.15, -0.1) is 0 Å². The lowest BCUT2D eigenvalue weighted by molar-refractivity contribution is 0.124. The quantitative estimate of drug-likeness (QED) is 0.507. The zero-order valence-electron chi connectivity index (χ0n) is 15.2. The van der Waals surface area contributed by atoms with E-state index in [1.807, 2.05) is 6.07 Å². The highest BCUT2D eigenvalue weighted by atomic mass is 35.5. The van der Waals surface area contributed by atoms with Crippen molar-refractivity contribution in [3.8, 4) is 11.1 Å². The Kier molecular flexibility index (Phi) is 5.05. The van der Waals surface area contributed by atoms with Gasteiger partial charge in [-0.1, -0.05) is 43.1 Å². The molecule has 0 aliphatic heterocycles. The minimum absolute atomic E-state index is 0.0596. The van der Waals surface area contributed by atoms with Gasteiger partial charge in [0.1, 0.15) is 11.6 Å². The number of halogens is 3. The molecule has 26 heavy (non-hydrogen) atoms. The van der Waals surface area contributed by atoms with Crippen LogP contribution in [0, 0.1) is 29.4 Å². The van der Waals surface area contributed by atoms with Crippen molar-refractivity contribution in [3.05, 3.63) is 58.6 Å². The smallest absolute Gasteiger partial charge is 0.142 e. The third-order valence-corrected chi connectivity index (χ3v) is 6.88. The summed E-state index contributed by atoms with van der Waals surface area (Å²) in [6, 6.07) is 9.93. The highest BCUT2D eigenvalue weighted by Crippen LogP contribution is 2.47. The molecular weight excluding hydrogens is 350 g/mol. The minimum atomic E-state index is -0.516. The molecule has 2 aliphatic carbocycles. The summed E-state index contributed by atoms with van der Waals surface area (Å²) in [5.41, 5.74) is 2.06. The Bertz CT molecular complexity index is 801. The third-order valence-electron chi connectivity index (χ3n) is 6.57. The first-order valence-electron chi connectivity index (χ1n) is 9.76. The largest absolute Gasteiger partial charge is 0.206 e. The number of hydrogen-bond donors (Lipinski definition) is 0. The van der Waals surface area contributed by atoms with Gasteiger partial charge in [-0.3, -0.25) is 0 Å². The molecule has 0 spiro atoms. The standard InChI is InChI=1S/C23H25ClF2/c1-14-2-3-16-11-17(5-4-15(16)10-14)18-6-8-20(22(25)12-18)19-7-9-21(24)23(26)13-19/h6-9,12-17H,2-5,10-11H2,1H3/t14?,15-,16-,17-/m1/s1. The van der Waals surface area contributed by atoms with Crippen LogP contribution in [0.5, 0.6) is 0 Å². The number of hydrogen-bond acceptors (Lipinski definition) is 0. The van der Waals surface area contributed by atoms with Gasteiger partial charge < -0.3 is 0 Å². The molecule has 2 aromatic carbocycles. The van der Waals surface area contributed by atoms with Crippen molar-refractivity contribution in [1.82, 2.24) is 0 Å². The Balaban J connectivity index is 1.53. The maximum Gasteiger partial charge on any atom is 0.142 e. The lowest BCUT2D eigenvalue weighted by Gasteiger charge is -2.41. The Hall–Kier alpha value is -1.41. The van der Waals surface area contributed by atoms with E-state index in [0.29, 0.717) is 17.0 Å². The van der Waals surface area contributed by atoms with Crippen molar-refractivity contribution >= 4 is 11.6 Å². The van der Waals surface area contributed by atoms with Crippen LogP contribution in [0.4, 0.5) is 8.78 Å². The average Bonchev–Trinajstić information content (AvgIpc) is 2.63. The molecule has 0 aromatic heterocycles. The topological polar surface area (TPSA) is 0 Å². The molecule has 2 saturated carbocycles. The van der Waals surface area contributed by atoms with E-state index in [1.54, 1.807) is 18.2 Å². The molecule has 4 rings (SSSR count). The lowest BCUT2D eigenvalue weighted by Crippen LogP contribution is -2.29. The zero-order chi connectivity index (χ0) is 18.3. The van der Waals surface area contributed by atoms with Crippen molar-refractivity contribution in [2.45, 2.75) is 51.4 Å². The SMILES string of the molecule is CC1CC[C@@H]2C[C@H](c3ccc(-c4ccc(Cl)c(F)c4)c(F)c3)CC[C@@H]2C1. The second kappa shape index (κ2) is 7.31. The summed E-state index contributed by atoms with van der Waals surface area (Å²) in [7, 11) is 0. The maximum atomic E-state index is 14.8. The predicted molar refractivity (Wildman–Crippen MR) is 103 cm³/mol. The second-order valence-electron chi connectivity index (χ2n) is 8.32. The van der Waals surface area contributed by atoms with Crippen molar-refractivity contribution in [3.63, 3.8) is 0 Å². The van der Waals surface area contributed by atoms with Gasteiger partial charge in [0.2, 0.25) is 0 Å². The van der Waals surface area contributed by atoms with Crippen LogP contribution in [-0.4, -0.2) is 0 Å². The van der Waals surface area contributed by atoms with Crippen molar-refractivity contribution in [1.29, 1.82) is 0 Å². The van der Waals surface area contributed by atoms with E-state index in [1.165, 1.54) is 44.2 Å². The van der Waals surface area contributed by atoms with Crippen molar-refractivity contribution in [2.75, 3.05) is 0 Å².